The maximum absolute atomic E-state index is 2.40. The molecule has 0 saturated heterocycles. The number of rotatable bonds is 13. The summed E-state index contributed by atoms with van der Waals surface area (Å²) < 4.78 is 0. The van der Waals surface area contributed by atoms with E-state index in [9.17, 15) is 0 Å². The summed E-state index contributed by atoms with van der Waals surface area (Å²) in [5, 5.41) is 0.877. The van der Waals surface area contributed by atoms with Crippen LogP contribution in [0.25, 0.3) is 0 Å². The molecule has 0 amide bonds. The normalized spacial score (nSPS) is 12.9. The quantitative estimate of drug-likeness (QED) is 0.378. The highest BCUT2D eigenvalue weighted by Crippen LogP contribution is 2.19. The first-order valence-electron chi connectivity index (χ1n) is 7.41. The highest BCUT2D eigenvalue weighted by Gasteiger charge is 2.01. The third-order valence-electron chi connectivity index (χ3n) is 3.15. The zero-order chi connectivity index (χ0) is 12.8. The first kappa shape index (κ1) is 17.7. The summed E-state index contributed by atoms with van der Waals surface area (Å²) in [5.41, 5.74) is 0. The highest BCUT2D eigenvalue weighted by atomic mass is 32.2. The molecule has 0 radical (unpaired) electrons. The molecule has 0 fully saturated rings. The van der Waals surface area contributed by atoms with Crippen molar-refractivity contribution >= 4 is 23.5 Å². The first-order chi connectivity index (χ1) is 8.31. The minimum atomic E-state index is 0.877. The van der Waals surface area contributed by atoms with E-state index in [4.69, 9.17) is 0 Å². The maximum Gasteiger partial charge on any atom is 0.00261 e. The van der Waals surface area contributed by atoms with Crippen molar-refractivity contribution in [3.63, 3.8) is 0 Å². The Balaban J connectivity index is 3.05. The number of thioether (sulfide) groups is 2. The first-order valence-corrected chi connectivity index (χ1v) is 9.86. The number of hydrogen-bond donors (Lipinski definition) is 0. The Morgan fingerprint density at radius 3 is 2.00 bits per heavy atom. The Bertz CT molecular complexity index is 137. The van der Waals surface area contributed by atoms with Gasteiger partial charge in [0.2, 0.25) is 0 Å². The molecule has 104 valence electrons. The van der Waals surface area contributed by atoms with E-state index in [1.807, 2.05) is 11.8 Å². The molecule has 1 atom stereocenters. The molecule has 0 spiro atoms. The lowest BCUT2D eigenvalue weighted by molar-refractivity contribution is 0.564. The number of hydrogen-bond acceptors (Lipinski definition) is 2. The predicted molar refractivity (Wildman–Crippen MR) is 87.5 cm³/mol. The molecule has 0 bridgehead atoms. The van der Waals surface area contributed by atoms with Crippen molar-refractivity contribution < 1.29 is 0 Å². The SMILES string of the molecule is CCCCCCCCCCC(C)SCCSC. The zero-order valence-electron chi connectivity index (χ0n) is 12.2. The Kier molecular flexibility index (Phi) is 15.4. The van der Waals surface area contributed by atoms with Gasteiger partial charge in [0.15, 0.2) is 0 Å². The van der Waals surface area contributed by atoms with Gasteiger partial charge in [0, 0.05) is 16.8 Å². The predicted octanol–water partition coefficient (Wildman–Crippen LogP) is 6.00. The molecule has 2 heteroatoms. The average Bonchev–Trinajstić information content (AvgIpc) is 2.33. The minimum absolute atomic E-state index is 0.877. The Hall–Kier alpha value is 0.700. The third-order valence-corrected chi connectivity index (χ3v) is 5.27. The van der Waals surface area contributed by atoms with Crippen molar-refractivity contribution in [1.29, 1.82) is 0 Å². The summed E-state index contributed by atoms with van der Waals surface area (Å²) in [5.74, 6) is 2.64. The van der Waals surface area contributed by atoms with Gasteiger partial charge in [-0.3, -0.25) is 0 Å². The van der Waals surface area contributed by atoms with Crippen LogP contribution in [0.2, 0.25) is 0 Å². The van der Waals surface area contributed by atoms with Crippen molar-refractivity contribution in [3.05, 3.63) is 0 Å². The van der Waals surface area contributed by atoms with Crippen LogP contribution in [0, 0.1) is 0 Å². The summed E-state index contributed by atoms with van der Waals surface area (Å²) in [6.07, 6.45) is 15.2. The van der Waals surface area contributed by atoms with E-state index in [-0.39, 0.29) is 0 Å². The molecular weight excluding hydrogens is 244 g/mol. The van der Waals surface area contributed by atoms with Gasteiger partial charge < -0.3 is 0 Å². The van der Waals surface area contributed by atoms with Crippen LogP contribution in [0.5, 0.6) is 0 Å². The smallest absolute Gasteiger partial charge is 0.00261 e. The van der Waals surface area contributed by atoms with Crippen molar-refractivity contribution in [3.8, 4) is 0 Å². The Labute approximate surface area is 118 Å². The molecule has 17 heavy (non-hydrogen) atoms. The Morgan fingerprint density at radius 2 is 1.41 bits per heavy atom. The molecule has 0 aliphatic heterocycles. The van der Waals surface area contributed by atoms with Crippen LogP contribution in [0.3, 0.4) is 0 Å². The lowest BCUT2D eigenvalue weighted by Gasteiger charge is -2.10. The van der Waals surface area contributed by atoms with E-state index in [2.05, 4.69) is 31.9 Å². The number of unbranched alkanes of at least 4 members (excludes halogenated alkanes) is 7. The second-order valence-electron chi connectivity index (χ2n) is 4.94. The van der Waals surface area contributed by atoms with E-state index in [1.165, 1.54) is 69.3 Å². The van der Waals surface area contributed by atoms with Gasteiger partial charge in [-0.05, 0) is 12.7 Å². The molecule has 0 saturated carbocycles. The molecule has 0 aliphatic carbocycles. The summed E-state index contributed by atoms with van der Waals surface area (Å²) in [7, 11) is 0. The van der Waals surface area contributed by atoms with Crippen LogP contribution in [-0.2, 0) is 0 Å². The fourth-order valence-corrected chi connectivity index (χ4v) is 3.77. The van der Waals surface area contributed by atoms with Gasteiger partial charge in [0.05, 0.1) is 0 Å². The van der Waals surface area contributed by atoms with Gasteiger partial charge in [0.25, 0.3) is 0 Å². The fraction of sp³-hybridized carbons (Fsp3) is 1.00. The van der Waals surface area contributed by atoms with Gasteiger partial charge in [0.1, 0.15) is 0 Å². The fourth-order valence-electron chi connectivity index (χ4n) is 1.98. The molecule has 1 unspecified atom stereocenters. The molecule has 0 nitrogen and oxygen atoms in total. The van der Waals surface area contributed by atoms with Gasteiger partial charge in [-0.25, -0.2) is 0 Å². The van der Waals surface area contributed by atoms with E-state index < -0.39 is 0 Å². The van der Waals surface area contributed by atoms with Gasteiger partial charge in [-0.1, -0.05) is 65.2 Å². The average molecular weight is 277 g/mol. The maximum atomic E-state index is 2.40. The highest BCUT2D eigenvalue weighted by molar-refractivity contribution is 8.02. The van der Waals surface area contributed by atoms with Gasteiger partial charge in [-0.15, -0.1) is 0 Å². The van der Waals surface area contributed by atoms with Crippen LogP contribution in [-0.4, -0.2) is 23.0 Å². The third kappa shape index (κ3) is 14.6. The van der Waals surface area contributed by atoms with E-state index in [0.29, 0.717) is 0 Å². The largest absolute Gasteiger partial charge is 0.165 e. The standard InChI is InChI=1S/C15H32S2/c1-4-5-6-7-8-9-10-11-12-15(2)17-14-13-16-3/h15H,4-14H2,1-3H3. The van der Waals surface area contributed by atoms with E-state index >= 15 is 0 Å². The van der Waals surface area contributed by atoms with Gasteiger partial charge in [-0.2, -0.15) is 23.5 Å². The van der Waals surface area contributed by atoms with E-state index in [0.717, 1.165) is 5.25 Å². The molecule has 0 aromatic carbocycles. The second kappa shape index (κ2) is 14.8. The van der Waals surface area contributed by atoms with E-state index in [1.54, 1.807) is 0 Å². The van der Waals surface area contributed by atoms with Crippen LogP contribution in [0.15, 0.2) is 0 Å². The van der Waals surface area contributed by atoms with Crippen molar-refractivity contribution in [1.82, 2.24) is 0 Å². The van der Waals surface area contributed by atoms with Crippen molar-refractivity contribution in [2.45, 2.75) is 76.9 Å². The lowest BCUT2D eigenvalue weighted by atomic mass is 10.1. The summed E-state index contributed by atoms with van der Waals surface area (Å²) in [6.45, 7) is 4.68. The summed E-state index contributed by atoms with van der Waals surface area (Å²) in [4.78, 5) is 0. The van der Waals surface area contributed by atoms with Crippen LogP contribution < -0.4 is 0 Å². The van der Waals surface area contributed by atoms with Gasteiger partial charge >= 0.3 is 0 Å². The van der Waals surface area contributed by atoms with Crippen LogP contribution in [0.1, 0.15) is 71.6 Å². The molecule has 0 aromatic rings. The molecular formula is C15H32S2. The summed E-state index contributed by atoms with van der Waals surface area (Å²) >= 11 is 4.12. The van der Waals surface area contributed by atoms with Crippen LogP contribution >= 0.6 is 23.5 Å². The molecule has 0 N–H and O–H groups in total. The molecule has 0 aliphatic rings. The molecule has 0 aromatic heterocycles. The van der Waals surface area contributed by atoms with Crippen LogP contribution in [0.4, 0.5) is 0 Å². The lowest BCUT2D eigenvalue weighted by Crippen LogP contribution is -1.98. The van der Waals surface area contributed by atoms with Crippen molar-refractivity contribution in [2.24, 2.45) is 0 Å². The monoisotopic (exact) mass is 276 g/mol. The minimum Gasteiger partial charge on any atom is -0.165 e. The summed E-state index contributed by atoms with van der Waals surface area (Å²) in [6, 6.07) is 0. The zero-order valence-corrected chi connectivity index (χ0v) is 13.8. The molecule has 0 heterocycles. The second-order valence-corrected chi connectivity index (χ2v) is 7.47. The van der Waals surface area contributed by atoms with Crippen molar-refractivity contribution in [2.75, 3.05) is 17.8 Å². The topological polar surface area (TPSA) is 0 Å². The Morgan fingerprint density at radius 1 is 0.824 bits per heavy atom. The molecule has 0 rings (SSSR count).